The number of benzene rings is 1. The second kappa shape index (κ2) is 5.38. The summed E-state index contributed by atoms with van der Waals surface area (Å²) >= 11 is 0. The van der Waals surface area contributed by atoms with E-state index in [1.807, 2.05) is 0 Å². The fraction of sp³-hybridized carbons (Fsp3) is 0.684. The third-order valence-corrected chi connectivity index (χ3v) is 6.77. The van der Waals surface area contributed by atoms with E-state index in [9.17, 15) is 0 Å². The SMILES string of the molecule is COc1ccc([C@]23CCN(C)[C@H]2CC2(CC3)CNC2)cc1OC. The van der Waals surface area contributed by atoms with Gasteiger partial charge in [0.25, 0.3) is 0 Å². The van der Waals surface area contributed by atoms with Crippen LogP contribution < -0.4 is 14.8 Å². The molecule has 1 aromatic carbocycles. The summed E-state index contributed by atoms with van der Waals surface area (Å²) in [6.07, 6.45) is 5.22. The molecule has 3 aliphatic rings. The van der Waals surface area contributed by atoms with E-state index in [-0.39, 0.29) is 5.41 Å². The number of likely N-dealkylation sites (tertiary alicyclic amines) is 1. The Hall–Kier alpha value is -1.26. The molecule has 126 valence electrons. The smallest absolute Gasteiger partial charge is 0.161 e. The lowest BCUT2D eigenvalue weighted by Crippen LogP contribution is -2.61. The molecule has 2 aliphatic heterocycles. The van der Waals surface area contributed by atoms with Gasteiger partial charge < -0.3 is 19.7 Å². The fourth-order valence-electron chi connectivity index (χ4n) is 5.19. The zero-order chi connectivity index (χ0) is 16.1. The number of hydrogen-bond donors (Lipinski definition) is 1. The van der Waals surface area contributed by atoms with Gasteiger partial charge >= 0.3 is 0 Å². The summed E-state index contributed by atoms with van der Waals surface area (Å²) in [6.45, 7) is 3.61. The first-order valence-corrected chi connectivity index (χ1v) is 8.76. The van der Waals surface area contributed by atoms with Gasteiger partial charge in [-0.2, -0.15) is 0 Å². The second-order valence-corrected chi connectivity index (χ2v) is 7.78. The fourth-order valence-corrected chi connectivity index (χ4v) is 5.19. The van der Waals surface area contributed by atoms with Gasteiger partial charge in [0.1, 0.15) is 0 Å². The first kappa shape index (κ1) is 15.3. The van der Waals surface area contributed by atoms with Crippen molar-refractivity contribution in [2.45, 2.75) is 37.1 Å². The Kier molecular flexibility index (Phi) is 3.58. The predicted octanol–water partition coefficient (Wildman–Crippen LogP) is 2.42. The molecule has 23 heavy (non-hydrogen) atoms. The molecular formula is C19H28N2O2. The van der Waals surface area contributed by atoms with E-state index in [0.29, 0.717) is 11.5 Å². The van der Waals surface area contributed by atoms with Gasteiger partial charge in [0, 0.05) is 24.5 Å². The molecule has 0 unspecified atom stereocenters. The molecule has 0 bridgehead atoms. The zero-order valence-corrected chi connectivity index (χ0v) is 14.5. The van der Waals surface area contributed by atoms with E-state index in [0.717, 1.165) is 11.5 Å². The van der Waals surface area contributed by atoms with Gasteiger partial charge in [0.2, 0.25) is 0 Å². The van der Waals surface area contributed by atoms with Crippen LogP contribution in [0.3, 0.4) is 0 Å². The van der Waals surface area contributed by atoms with Crippen molar-refractivity contribution < 1.29 is 9.47 Å². The molecule has 2 saturated heterocycles. The molecule has 1 N–H and O–H groups in total. The Morgan fingerprint density at radius 2 is 1.87 bits per heavy atom. The van der Waals surface area contributed by atoms with Gasteiger partial charge in [0.05, 0.1) is 14.2 Å². The van der Waals surface area contributed by atoms with Crippen molar-refractivity contribution in [3.63, 3.8) is 0 Å². The summed E-state index contributed by atoms with van der Waals surface area (Å²) in [7, 11) is 5.74. The molecule has 1 saturated carbocycles. The van der Waals surface area contributed by atoms with E-state index in [1.54, 1.807) is 14.2 Å². The molecule has 0 radical (unpaired) electrons. The maximum atomic E-state index is 5.56. The van der Waals surface area contributed by atoms with Crippen LogP contribution in [0.1, 0.15) is 31.2 Å². The minimum Gasteiger partial charge on any atom is -0.493 e. The molecule has 1 aromatic rings. The van der Waals surface area contributed by atoms with Gasteiger partial charge in [-0.15, -0.1) is 0 Å². The van der Waals surface area contributed by atoms with Gasteiger partial charge in [0.15, 0.2) is 11.5 Å². The Labute approximate surface area is 139 Å². The number of likely N-dealkylation sites (N-methyl/N-ethyl adjacent to an activating group) is 1. The summed E-state index contributed by atoms with van der Waals surface area (Å²) in [5.41, 5.74) is 2.28. The highest BCUT2D eigenvalue weighted by Crippen LogP contribution is 2.55. The number of ether oxygens (including phenoxy) is 2. The molecule has 3 fully saturated rings. The summed E-state index contributed by atoms with van der Waals surface area (Å²) < 4.78 is 11.0. The van der Waals surface area contributed by atoms with Gasteiger partial charge in [-0.25, -0.2) is 0 Å². The first-order chi connectivity index (χ1) is 11.1. The quantitative estimate of drug-likeness (QED) is 0.928. The monoisotopic (exact) mass is 316 g/mol. The highest BCUT2D eigenvalue weighted by atomic mass is 16.5. The van der Waals surface area contributed by atoms with Crippen LogP contribution in [0.15, 0.2) is 18.2 Å². The lowest BCUT2D eigenvalue weighted by molar-refractivity contribution is 0.0277. The van der Waals surface area contributed by atoms with Crippen LogP contribution in [-0.4, -0.2) is 51.8 Å². The van der Waals surface area contributed by atoms with Gasteiger partial charge in [-0.05, 0) is 62.4 Å². The Morgan fingerprint density at radius 3 is 2.52 bits per heavy atom. The van der Waals surface area contributed by atoms with Crippen LogP contribution in [0.5, 0.6) is 11.5 Å². The first-order valence-electron chi connectivity index (χ1n) is 8.76. The van der Waals surface area contributed by atoms with E-state index >= 15 is 0 Å². The minimum absolute atomic E-state index is 0.287. The summed E-state index contributed by atoms with van der Waals surface area (Å²) in [5, 5.41) is 3.50. The van der Waals surface area contributed by atoms with Crippen molar-refractivity contribution in [1.82, 2.24) is 10.2 Å². The number of rotatable bonds is 3. The second-order valence-electron chi connectivity index (χ2n) is 7.78. The number of nitrogens with zero attached hydrogens (tertiary/aromatic N) is 1. The maximum Gasteiger partial charge on any atom is 0.161 e. The van der Waals surface area contributed by atoms with Crippen LogP contribution in [0.25, 0.3) is 0 Å². The van der Waals surface area contributed by atoms with E-state index in [2.05, 4.69) is 35.5 Å². The van der Waals surface area contributed by atoms with Crippen LogP contribution in [-0.2, 0) is 5.41 Å². The summed E-state index contributed by atoms with van der Waals surface area (Å²) in [6, 6.07) is 7.22. The molecular weight excluding hydrogens is 288 g/mol. The minimum atomic E-state index is 0.287. The maximum absolute atomic E-state index is 5.56. The molecule has 2 atom stereocenters. The van der Waals surface area contributed by atoms with Crippen molar-refractivity contribution in [3.05, 3.63) is 23.8 Å². The summed E-state index contributed by atoms with van der Waals surface area (Å²) in [4.78, 5) is 2.59. The van der Waals surface area contributed by atoms with Gasteiger partial charge in [-0.3, -0.25) is 0 Å². The zero-order valence-electron chi connectivity index (χ0n) is 14.5. The van der Waals surface area contributed by atoms with Crippen molar-refractivity contribution >= 4 is 0 Å². The molecule has 1 aliphatic carbocycles. The van der Waals surface area contributed by atoms with Crippen LogP contribution >= 0.6 is 0 Å². The Morgan fingerprint density at radius 1 is 1.09 bits per heavy atom. The number of fused-ring (bicyclic) bond motifs is 1. The average Bonchev–Trinajstić information content (AvgIpc) is 2.90. The number of hydrogen-bond acceptors (Lipinski definition) is 4. The highest BCUT2D eigenvalue weighted by molar-refractivity contribution is 5.46. The highest BCUT2D eigenvalue weighted by Gasteiger charge is 2.55. The Bertz CT molecular complexity index is 599. The molecule has 2 heterocycles. The van der Waals surface area contributed by atoms with Crippen molar-refractivity contribution in [1.29, 1.82) is 0 Å². The topological polar surface area (TPSA) is 33.7 Å². The van der Waals surface area contributed by atoms with Gasteiger partial charge in [-0.1, -0.05) is 6.07 Å². The standard InChI is InChI=1S/C19H28N2O2/c1-21-9-8-19(7-6-18(11-17(19)21)12-20-13-18)14-4-5-15(22-2)16(10-14)23-3/h4-5,10,17,20H,6-9,11-13H2,1-3H3/t17-,19-/m0/s1. The Balaban J connectivity index is 1.71. The van der Waals surface area contributed by atoms with Crippen LogP contribution in [0, 0.1) is 5.41 Å². The van der Waals surface area contributed by atoms with E-state index in [1.165, 1.54) is 50.9 Å². The largest absolute Gasteiger partial charge is 0.493 e. The molecule has 1 spiro atoms. The molecule has 0 aromatic heterocycles. The lowest BCUT2D eigenvalue weighted by Gasteiger charge is -2.54. The molecule has 4 heteroatoms. The average molecular weight is 316 g/mol. The van der Waals surface area contributed by atoms with Crippen LogP contribution in [0.2, 0.25) is 0 Å². The van der Waals surface area contributed by atoms with Crippen LogP contribution in [0.4, 0.5) is 0 Å². The predicted molar refractivity (Wildman–Crippen MR) is 91.4 cm³/mol. The molecule has 0 amide bonds. The summed E-state index contributed by atoms with van der Waals surface area (Å²) in [5.74, 6) is 1.68. The third-order valence-electron chi connectivity index (χ3n) is 6.77. The normalized spacial score (nSPS) is 32.4. The molecule has 4 rings (SSSR count). The number of nitrogens with one attached hydrogen (secondary N) is 1. The molecule has 4 nitrogen and oxygen atoms in total. The lowest BCUT2D eigenvalue weighted by atomic mass is 9.57. The van der Waals surface area contributed by atoms with Crippen molar-refractivity contribution in [2.75, 3.05) is 40.9 Å². The van der Waals surface area contributed by atoms with Crippen molar-refractivity contribution in [3.8, 4) is 11.5 Å². The third kappa shape index (κ3) is 2.18. The number of methoxy groups -OCH3 is 2. The van der Waals surface area contributed by atoms with Crippen molar-refractivity contribution in [2.24, 2.45) is 5.41 Å². The van der Waals surface area contributed by atoms with E-state index in [4.69, 9.17) is 9.47 Å². The van der Waals surface area contributed by atoms with E-state index < -0.39 is 0 Å².